The Morgan fingerprint density at radius 1 is 1.29 bits per heavy atom. The van der Waals surface area contributed by atoms with E-state index in [1.54, 1.807) is 37.3 Å². The van der Waals surface area contributed by atoms with Crippen LogP contribution in [0.2, 0.25) is 0 Å². The SMILES string of the molecule is C=CCc1cc(/C=C2/C(=O)NC(=S)N(c3ccc(Br)cc3C)C2=O)cc(OCC)c1O. The number of ether oxygens (including phenoxy) is 1. The lowest BCUT2D eigenvalue weighted by atomic mass is 10.0. The molecule has 3 rings (SSSR count). The molecule has 2 amide bonds. The van der Waals surface area contributed by atoms with Crippen LogP contribution in [0.5, 0.6) is 11.5 Å². The van der Waals surface area contributed by atoms with Gasteiger partial charge in [0.05, 0.1) is 12.3 Å². The summed E-state index contributed by atoms with van der Waals surface area (Å²) < 4.78 is 6.37. The van der Waals surface area contributed by atoms with Crippen molar-refractivity contribution >= 4 is 56.8 Å². The first-order valence-electron chi connectivity index (χ1n) is 9.54. The van der Waals surface area contributed by atoms with Crippen molar-refractivity contribution in [3.63, 3.8) is 0 Å². The van der Waals surface area contributed by atoms with E-state index in [1.807, 2.05) is 13.0 Å². The van der Waals surface area contributed by atoms with Gasteiger partial charge in [-0.25, -0.2) is 0 Å². The van der Waals surface area contributed by atoms with Crippen LogP contribution in [-0.4, -0.2) is 28.6 Å². The van der Waals surface area contributed by atoms with Crippen molar-refractivity contribution in [2.24, 2.45) is 0 Å². The maximum absolute atomic E-state index is 13.3. The molecule has 8 heteroatoms. The Labute approximate surface area is 194 Å². The van der Waals surface area contributed by atoms with Crippen LogP contribution < -0.4 is 15.0 Å². The molecule has 1 fully saturated rings. The lowest BCUT2D eigenvalue weighted by Crippen LogP contribution is -2.54. The molecule has 0 spiro atoms. The molecule has 2 aromatic rings. The van der Waals surface area contributed by atoms with Crippen LogP contribution in [-0.2, 0) is 16.0 Å². The van der Waals surface area contributed by atoms with E-state index in [-0.39, 0.29) is 22.2 Å². The van der Waals surface area contributed by atoms with Crippen molar-refractivity contribution in [1.82, 2.24) is 5.32 Å². The molecule has 2 N–H and O–H groups in total. The van der Waals surface area contributed by atoms with Crippen LogP contribution in [0.4, 0.5) is 5.69 Å². The number of hydrogen-bond acceptors (Lipinski definition) is 5. The van der Waals surface area contributed by atoms with Gasteiger partial charge in [0.1, 0.15) is 5.57 Å². The van der Waals surface area contributed by atoms with Crippen LogP contribution in [0.1, 0.15) is 23.6 Å². The Morgan fingerprint density at radius 3 is 2.68 bits per heavy atom. The monoisotopic (exact) mass is 500 g/mol. The van der Waals surface area contributed by atoms with E-state index in [2.05, 4.69) is 27.8 Å². The predicted molar refractivity (Wildman–Crippen MR) is 128 cm³/mol. The Hall–Kier alpha value is -2.97. The summed E-state index contributed by atoms with van der Waals surface area (Å²) >= 11 is 8.68. The molecule has 0 saturated carbocycles. The lowest BCUT2D eigenvalue weighted by Gasteiger charge is -2.30. The van der Waals surface area contributed by atoms with E-state index >= 15 is 0 Å². The third-order valence-corrected chi connectivity index (χ3v) is 5.43. The number of nitrogens with zero attached hydrogens (tertiary/aromatic N) is 1. The highest BCUT2D eigenvalue weighted by Gasteiger charge is 2.35. The Morgan fingerprint density at radius 2 is 2.03 bits per heavy atom. The van der Waals surface area contributed by atoms with Crippen molar-refractivity contribution in [2.45, 2.75) is 20.3 Å². The molecule has 0 unspecified atom stereocenters. The number of phenols is 1. The molecule has 0 aromatic heterocycles. The van der Waals surface area contributed by atoms with Crippen LogP contribution in [0.15, 0.2) is 53.0 Å². The van der Waals surface area contributed by atoms with E-state index in [0.717, 1.165) is 10.0 Å². The summed E-state index contributed by atoms with van der Waals surface area (Å²) in [5, 5.41) is 13.0. The minimum atomic E-state index is -0.586. The third kappa shape index (κ3) is 4.70. The molecule has 1 aliphatic heterocycles. The average Bonchev–Trinajstić information content (AvgIpc) is 2.70. The van der Waals surface area contributed by atoms with Crippen molar-refractivity contribution in [3.05, 3.63) is 69.7 Å². The van der Waals surface area contributed by atoms with E-state index in [1.165, 1.54) is 11.0 Å². The second-order valence-corrected chi connectivity index (χ2v) is 8.14. The Balaban J connectivity index is 2.08. The molecule has 0 bridgehead atoms. The summed E-state index contributed by atoms with van der Waals surface area (Å²) in [4.78, 5) is 27.2. The zero-order valence-electron chi connectivity index (χ0n) is 17.1. The summed E-state index contributed by atoms with van der Waals surface area (Å²) in [6.45, 7) is 7.70. The van der Waals surface area contributed by atoms with Gasteiger partial charge in [0.25, 0.3) is 11.8 Å². The predicted octanol–water partition coefficient (Wildman–Crippen LogP) is 4.42. The summed E-state index contributed by atoms with van der Waals surface area (Å²) in [5.74, 6) is -0.835. The number of hydrogen-bond donors (Lipinski definition) is 2. The molecular formula is C23H21BrN2O4S. The van der Waals surface area contributed by atoms with Gasteiger partial charge in [0.2, 0.25) is 0 Å². The number of aryl methyl sites for hydroxylation is 1. The number of thiocarbonyl (C=S) groups is 1. The molecule has 0 atom stereocenters. The van der Waals surface area contributed by atoms with Gasteiger partial charge in [-0.3, -0.25) is 19.8 Å². The first-order chi connectivity index (χ1) is 14.8. The van der Waals surface area contributed by atoms with Gasteiger partial charge in [0, 0.05) is 10.0 Å². The fourth-order valence-electron chi connectivity index (χ4n) is 3.26. The number of rotatable bonds is 6. The van der Waals surface area contributed by atoms with Gasteiger partial charge >= 0.3 is 0 Å². The topological polar surface area (TPSA) is 78.9 Å². The summed E-state index contributed by atoms with van der Waals surface area (Å²) in [6.07, 6.45) is 3.52. The Bertz CT molecular complexity index is 1130. The zero-order chi connectivity index (χ0) is 22.7. The molecular weight excluding hydrogens is 480 g/mol. The molecule has 160 valence electrons. The number of anilines is 1. The highest BCUT2D eigenvalue weighted by Crippen LogP contribution is 2.34. The number of amides is 2. The maximum atomic E-state index is 13.3. The standard InChI is InChI=1S/C23H21BrN2O4S/c1-4-6-15-10-14(12-19(20(15)27)30-5-2)11-17-21(28)25-23(31)26(22(17)29)18-8-7-16(24)9-13(18)3/h4,7-12,27H,1,5-6H2,2-3H3,(H,25,28,31)/b17-11-. The molecule has 1 heterocycles. The minimum absolute atomic E-state index is 0.0108. The number of halogens is 1. The van der Waals surface area contributed by atoms with E-state index in [4.69, 9.17) is 17.0 Å². The van der Waals surface area contributed by atoms with Crippen LogP contribution in [0.3, 0.4) is 0 Å². The highest BCUT2D eigenvalue weighted by atomic mass is 79.9. The third-order valence-electron chi connectivity index (χ3n) is 4.65. The van der Waals surface area contributed by atoms with Gasteiger partial charge < -0.3 is 9.84 Å². The smallest absolute Gasteiger partial charge is 0.270 e. The number of carbonyl (C=O) groups excluding carboxylic acids is 2. The molecule has 1 aliphatic rings. The van der Waals surface area contributed by atoms with Gasteiger partial charge in [0.15, 0.2) is 16.6 Å². The normalized spacial score (nSPS) is 15.3. The first-order valence-corrected chi connectivity index (χ1v) is 10.7. The van der Waals surface area contributed by atoms with E-state index in [9.17, 15) is 14.7 Å². The largest absolute Gasteiger partial charge is 0.504 e. The molecule has 31 heavy (non-hydrogen) atoms. The average molecular weight is 501 g/mol. The van der Waals surface area contributed by atoms with Gasteiger partial charge in [-0.2, -0.15) is 0 Å². The summed E-state index contributed by atoms with van der Waals surface area (Å²) in [6, 6.07) is 8.69. The van der Waals surface area contributed by atoms with Crippen LogP contribution in [0, 0.1) is 6.92 Å². The number of nitrogens with one attached hydrogen (secondary N) is 1. The van der Waals surface area contributed by atoms with Crippen molar-refractivity contribution < 1.29 is 19.4 Å². The van der Waals surface area contributed by atoms with Gasteiger partial charge in [-0.1, -0.05) is 22.0 Å². The number of aromatic hydroxyl groups is 1. The van der Waals surface area contributed by atoms with Crippen molar-refractivity contribution in [1.29, 1.82) is 0 Å². The van der Waals surface area contributed by atoms with Crippen molar-refractivity contribution in [2.75, 3.05) is 11.5 Å². The summed E-state index contributed by atoms with van der Waals surface area (Å²) in [5.41, 5.74) is 2.44. The minimum Gasteiger partial charge on any atom is -0.504 e. The number of carbonyl (C=O) groups is 2. The zero-order valence-corrected chi connectivity index (χ0v) is 19.5. The second kappa shape index (κ2) is 9.45. The number of benzene rings is 2. The van der Waals surface area contributed by atoms with E-state index < -0.39 is 11.8 Å². The summed E-state index contributed by atoms with van der Waals surface area (Å²) in [7, 11) is 0. The molecule has 2 aromatic carbocycles. The van der Waals surface area contributed by atoms with Crippen LogP contribution >= 0.6 is 28.1 Å². The first kappa shape index (κ1) is 22.7. The molecule has 0 radical (unpaired) electrons. The Kier molecular flexibility index (Phi) is 6.92. The second-order valence-electron chi connectivity index (χ2n) is 6.84. The number of allylic oxidation sites excluding steroid dienone is 1. The fourth-order valence-corrected chi connectivity index (χ4v) is 4.01. The molecule has 1 saturated heterocycles. The van der Waals surface area contributed by atoms with Crippen LogP contribution in [0.25, 0.3) is 6.08 Å². The lowest BCUT2D eigenvalue weighted by molar-refractivity contribution is -0.122. The fraction of sp³-hybridized carbons (Fsp3) is 0.174. The molecule has 0 aliphatic carbocycles. The van der Waals surface area contributed by atoms with E-state index in [0.29, 0.717) is 29.8 Å². The van der Waals surface area contributed by atoms with Gasteiger partial charge in [-0.15, -0.1) is 6.58 Å². The van der Waals surface area contributed by atoms with Crippen molar-refractivity contribution in [3.8, 4) is 11.5 Å². The molecule has 6 nitrogen and oxygen atoms in total. The van der Waals surface area contributed by atoms with Gasteiger partial charge in [-0.05, 0) is 80.0 Å². The highest BCUT2D eigenvalue weighted by molar-refractivity contribution is 9.10. The quantitative estimate of drug-likeness (QED) is 0.265. The maximum Gasteiger partial charge on any atom is 0.270 e. The number of phenolic OH excluding ortho intramolecular Hbond substituents is 1.